The van der Waals surface area contributed by atoms with Gasteiger partial charge < -0.3 is 10.2 Å². The summed E-state index contributed by atoms with van der Waals surface area (Å²) in [7, 11) is 0. The molecule has 2 aliphatic rings. The summed E-state index contributed by atoms with van der Waals surface area (Å²) in [5.74, 6) is -0.000969. The fraction of sp³-hybridized carbons (Fsp3) is 0.250. The average molecular weight is 568 g/mol. The molecule has 1 aliphatic heterocycles. The Morgan fingerprint density at radius 3 is 2.51 bits per heavy atom. The van der Waals surface area contributed by atoms with Crippen LogP contribution in [0.4, 0.5) is 15.1 Å². The van der Waals surface area contributed by atoms with Gasteiger partial charge in [-0.3, -0.25) is 14.9 Å². The van der Waals surface area contributed by atoms with Gasteiger partial charge in [0.2, 0.25) is 5.95 Å². The van der Waals surface area contributed by atoms with Gasteiger partial charge in [0.25, 0.3) is 11.1 Å². The highest BCUT2D eigenvalue weighted by atomic mass is 32.2. The van der Waals surface area contributed by atoms with Gasteiger partial charge in [-0.1, -0.05) is 48.5 Å². The van der Waals surface area contributed by atoms with Crippen LogP contribution in [0.2, 0.25) is 0 Å². The first-order valence-corrected chi connectivity index (χ1v) is 14.6. The van der Waals surface area contributed by atoms with Crippen molar-refractivity contribution < 1.29 is 14.0 Å². The summed E-state index contributed by atoms with van der Waals surface area (Å²) >= 11 is 0.883. The molecule has 0 radical (unpaired) electrons. The second kappa shape index (κ2) is 12.2. The third-order valence-electron chi connectivity index (χ3n) is 7.64. The molecule has 2 N–H and O–H groups in total. The van der Waals surface area contributed by atoms with Gasteiger partial charge in [-0.15, -0.1) is 0 Å². The number of imide groups is 1. The Morgan fingerprint density at radius 2 is 1.73 bits per heavy atom. The van der Waals surface area contributed by atoms with Gasteiger partial charge in [0.15, 0.2) is 0 Å². The van der Waals surface area contributed by atoms with Crippen molar-refractivity contribution in [3.63, 3.8) is 0 Å². The highest BCUT2D eigenvalue weighted by Gasteiger charge is 2.28. The molecule has 0 bridgehead atoms. The number of carbonyl (C=O) groups excluding carboxylic acids is 2. The predicted molar refractivity (Wildman–Crippen MR) is 161 cm³/mol. The van der Waals surface area contributed by atoms with Crippen molar-refractivity contribution in [1.82, 2.24) is 20.6 Å². The van der Waals surface area contributed by atoms with Crippen LogP contribution >= 0.6 is 11.8 Å². The van der Waals surface area contributed by atoms with Crippen LogP contribution in [0, 0.1) is 5.82 Å². The Bertz CT molecular complexity index is 1600. The molecule has 208 valence electrons. The Morgan fingerprint density at radius 1 is 0.951 bits per heavy atom. The van der Waals surface area contributed by atoms with Crippen LogP contribution in [-0.4, -0.2) is 33.2 Å². The third kappa shape index (κ3) is 6.64. The fourth-order valence-corrected chi connectivity index (χ4v) is 6.18. The summed E-state index contributed by atoms with van der Waals surface area (Å²) in [6.45, 7) is 1.44. The van der Waals surface area contributed by atoms with E-state index in [1.807, 2.05) is 30.3 Å². The molecule has 2 heterocycles. The Balaban J connectivity index is 1.14. The minimum atomic E-state index is -0.398. The van der Waals surface area contributed by atoms with Crippen molar-refractivity contribution in [2.45, 2.75) is 50.9 Å². The van der Waals surface area contributed by atoms with Crippen molar-refractivity contribution in [1.29, 1.82) is 0 Å². The number of thioether (sulfide) groups is 1. The molecule has 3 aromatic carbocycles. The van der Waals surface area contributed by atoms with E-state index in [4.69, 9.17) is 4.98 Å². The zero-order valence-electron chi connectivity index (χ0n) is 22.4. The maximum Gasteiger partial charge on any atom is 0.290 e. The molecule has 4 aromatic rings. The van der Waals surface area contributed by atoms with Crippen LogP contribution in [0.1, 0.15) is 42.5 Å². The molecule has 7 nitrogen and oxygen atoms in total. The highest BCUT2D eigenvalue weighted by Crippen LogP contribution is 2.29. The molecule has 0 spiro atoms. The quantitative estimate of drug-likeness (QED) is 0.245. The summed E-state index contributed by atoms with van der Waals surface area (Å²) in [5.41, 5.74) is 2.95. The molecule has 2 fully saturated rings. The first-order valence-electron chi connectivity index (χ1n) is 13.8. The molecule has 0 atom stereocenters. The number of anilines is 1. The van der Waals surface area contributed by atoms with Gasteiger partial charge in [0.1, 0.15) is 5.82 Å². The lowest BCUT2D eigenvalue weighted by Gasteiger charge is -2.37. The standard InChI is InChI=1S/C32H30FN5O2S/c33-25-9-8-23-16-22(6-7-24(23)17-25)19-35-26-10-12-28(13-11-26)38(20-21-4-2-1-3-5-21)31-34-15-14-27(36-31)18-29-30(39)37-32(40)41-29/h1-9,14-18,26,28,35H,10-13,19-20H2,(H,37,39,40). The fourth-order valence-electron chi connectivity index (χ4n) is 5.51. The summed E-state index contributed by atoms with van der Waals surface area (Å²) in [4.78, 5) is 35.6. The minimum absolute atomic E-state index is 0.215. The zero-order chi connectivity index (χ0) is 28.2. The van der Waals surface area contributed by atoms with Crippen molar-refractivity contribution in [2.75, 3.05) is 4.90 Å². The van der Waals surface area contributed by atoms with Crippen molar-refractivity contribution in [2.24, 2.45) is 0 Å². The number of hydrogen-bond acceptors (Lipinski definition) is 7. The van der Waals surface area contributed by atoms with Crippen LogP contribution in [0.3, 0.4) is 0 Å². The Kier molecular flexibility index (Phi) is 8.07. The second-order valence-corrected chi connectivity index (χ2v) is 11.5. The molecule has 9 heteroatoms. The maximum atomic E-state index is 13.5. The number of rotatable bonds is 8. The SMILES string of the molecule is O=C1NC(=O)C(=Cc2ccnc(N(Cc3ccccc3)C3CCC(NCc4ccc5cc(F)ccc5c4)CC3)n2)S1. The minimum Gasteiger partial charge on any atom is -0.333 e. The van der Waals surface area contributed by atoms with Gasteiger partial charge in [-0.25, -0.2) is 14.4 Å². The van der Waals surface area contributed by atoms with E-state index in [0.717, 1.165) is 54.8 Å². The topological polar surface area (TPSA) is 87.2 Å². The highest BCUT2D eigenvalue weighted by molar-refractivity contribution is 8.18. The smallest absolute Gasteiger partial charge is 0.290 e. The van der Waals surface area contributed by atoms with E-state index in [9.17, 15) is 14.0 Å². The lowest BCUT2D eigenvalue weighted by atomic mass is 9.89. The number of carbonyl (C=O) groups is 2. The van der Waals surface area contributed by atoms with Gasteiger partial charge in [0.05, 0.1) is 10.6 Å². The number of halogens is 1. The molecule has 0 unspecified atom stereocenters. The number of fused-ring (bicyclic) bond motifs is 1. The molecular formula is C32H30FN5O2S. The van der Waals surface area contributed by atoms with E-state index in [1.54, 1.807) is 24.4 Å². The van der Waals surface area contributed by atoms with Crippen molar-refractivity contribution >= 4 is 45.7 Å². The zero-order valence-corrected chi connectivity index (χ0v) is 23.2. The van der Waals surface area contributed by atoms with Gasteiger partial charge >= 0.3 is 0 Å². The molecule has 1 saturated heterocycles. The van der Waals surface area contributed by atoms with E-state index in [-0.39, 0.29) is 17.1 Å². The van der Waals surface area contributed by atoms with Crippen LogP contribution in [0.25, 0.3) is 16.8 Å². The lowest BCUT2D eigenvalue weighted by Crippen LogP contribution is -2.43. The molecule has 2 amide bonds. The van der Waals surface area contributed by atoms with Crippen molar-refractivity contribution in [3.8, 4) is 0 Å². The molecule has 41 heavy (non-hydrogen) atoms. The number of aromatic nitrogens is 2. The van der Waals surface area contributed by atoms with Gasteiger partial charge in [-0.2, -0.15) is 0 Å². The lowest BCUT2D eigenvalue weighted by molar-refractivity contribution is -0.115. The van der Waals surface area contributed by atoms with Crippen LogP contribution in [0.5, 0.6) is 0 Å². The van der Waals surface area contributed by atoms with Gasteiger partial charge in [0, 0.05) is 31.4 Å². The largest absolute Gasteiger partial charge is 0.333 e. The third-order valence-corrected chi connectivity index (χ3v) is 8.45. The molecule has 1 aromatic heterocycles. The molecule has 1 aliphatic carbocycles. The van der Waals surface area contributed by atoms with Crippen LogP contribution in [0.15, 0.2) is 83.9 Å². The summed E-state index contributed by atoms with van der Waals surface area (Å²) in [6.07, 6.45) is 7.37. The van der Waals surface area contributed by atoms with Crippen LogP contribution < -0.4 is 15.5 Å². The van der Waals surface area contributed by atoms with E-state index >= 15 is 0 Å². The molecule has 6 rings (SSSR count). The number of hydrogen-bond donors (Lipinski definition) is 2. The number of amides is 2. The van der Waals surface area contributed by atoms with E-state index in [1.165, 1.54) is 17.2 Å². The van der Waals surface area contributed by atoms with E-state index in [2.05, 4.69) is 44.8 Å². The average Bonchev–Trinajstić information content (AvgIpc) is 3.31. The van der Waals surface area contributed by atoms with Crippen LogP contribution in [-0.2, 0) is 17.9 Å². The predicted octanol–water partition coefficient (Wildman–Crippen LogP) is 6.20. The van der Waals surface area contributed by atoms with Crippen molar-refractivity contribution in [3.05, 3.63) is 107 Å². The number of nitrogens with one attached hydrogen (secondary N) is 2. The summed E-state index contributed by atoms with van der Waals surface area (Å²) < 4.78 is 13.5. The Hall–Kier alpha value is -4.08. The second-order valence-electron chi connectivity index (χ2n) is 10.5. The van der Waals surface area contributed by atoms with Gasteiger partial charge in [-0.05, 0) is 89.7 Å². The number of nitrogens with zero attached hydrogens (tertiary/aromatic N) is 3. The summed E-state index contributed by atoms with van der Waals surface area (Å²) in [6, 6.07) is 23.8. The molecule has 1 saturated carbocycles. The molecular weight excluding hydrogens is 537 g/mol. The summed E-state index contributed by atoms with van der Waals surface area (Å²) in [5, 5.41) is 7.59. The monoisotopic (exact) mass is 567 g/mol. The number of benzene rings is 3. The Labute approximate surface area is 242 Å². The maximum absolute atomic E-state index is 13.5. The van der Waals surface area contributed by atoms with E-state index in [0.29, 0.717) is 29.1 Å². The first kappa shape index (κ1) is 27.1. The first-order chi connectivity index (χ1) is 20.0. The van der Waals surface area contributed by atoms with E-state index < -0.39 is 5.91 Å². The normalized spacial score (nSPS) is 20.0.